The van der Waals surface area contributed by atoms with E-state index in [9.17, 15) is 9.59 Å². The number of amides is 1. The molecule has 116 valence electrons. The van der Waals surface area contributed by atoms with Crippen LogP contribution in [0.4, 0.5) is 0 Å². The molecule has 1 aliphatic rings. The van der Waals surface area contributed by atoms with Gasteiger partial charge in [-0.2, -0.15) is 0 Å². The second-order valence-corrected chi connectivity index (χ2v) is 6.43. The molecular formula is C16H29NO3. The average molecular weight is 283 g/mol. The zero-order chi connectivity index (χ0) is 15.1. The van der Waals surface area contributed by atoms with Crippen molar-refractivity contribution in [3.63, 3.8) is 0 Å². The maximum Gasteiger partial charge on any atom is 0.326 e. The highest BCUT2D eigenvalue weighted by atomic mass is 16.4. The van der Waals surface area contributed by atoms with Crippen molar-refractivity contribution in [2.75, 3.05) is 0 Å². The number of carboxylic acids is 1. The number of carbonyl (C=O) groups excluding carboxylic acids is 1. The van der Waals surface area contributed by atoms with E-state index in [1.165, 1.54) is 19.3 Å². The number of nitrogens with one attached hydrogen (secondary N) is 1. The Kier molecular flexibility index (Phi) is 7.03. The Balaban J connectivity index is 2.40. The smallest absolute Gasteiger partial charge is 0.326 e. The first-order chi connectivity index (χ1) is 9.45. The van der Waals surface area contributed by atoms with Crippen LogP contribution in [0.3, 0.4) is 0 Å². The topological polar surface area (TPSA) is 66.4 Å². The molecule has 0 radical (unpaired) electrons. The van der Waals surface area contributed by atoms with Crippen molar-refractivity contribution in [3.05, 3.63) is 0 Å². The van der Waals surface area contributed by atoms with E-state index in [0.29, 0.717) is 0 Å². The van der Waals surface area contributed by atoms with Gasteiger partial charge in [-0.25, -0.2) is 4.79 Å². The van der Waals surface area contributed by atoms with Gasteiger partial charge in [-0.05, 0) is 37.5 Å². The van der Waals surface area contributed by atoms with Crippen molar-refractivity contribution in [3.8, 4) is 0 Å². The number of rotatable bonds is 7. The van der Waals surface area contributed by atoms with E-state index < -0.39 is 12.0 Å². The lowest BCUT2D eigenvalue weighted by Crippen LogP contribution is -2.47. The lowest BCUT2D eigenvalue weighted by molar-refractivity contribution is -0.144. The summed E-state index contributed by atoms with van der Waals surface area (Å²) in [6.45, 7) is 5.85. The van der Waals surface area contributed by atoms with E-state index in [1.807, 2.05) is 13.8 Å². The Morgan fingerprint density at radius 3 is 2.25 bits per heavy atom. The maximum absolute atomic E-state index is 12.2. The zero-order valence-electron chi connectivity index (χ0n) is 13.0. The monoisotopic (exact) mass is 283 g/mol. The van der Waals surface area contributed by atoms with Crippen molar-refractivity contribution in [1.82, 2.24) is 5.32 Å². The summed E-state index contributed by atoms with van der Waals surface area (Å²) < 4.78 is 0. The van der Waals surface area contributed by atoms with Crippen molar-refractivity contribution >= 4 is 11.9 Å². The van der Waals surface area contributed by atoms with Crippen LogP contribution in [0, 0.1) is 17.8 Å². The summed E-state index contributed by atoms with van der Waals surface area (Å²) in [5, 5.41) is 11.8. The molecule has 1 rings (SSSR count). The minimum atomic E-state index is -0.940. The third kappa shape index (κ3) is 5.14. The van der Waals surface area contributed by atoms with Crippen LogP contribution in [0.2, 0.25) is 0 Å². The van der Waals surface area contributed by atoms with E-state index in [0.717, 1.165) is 31.6 Å². The van der Waals surface area contributed by atoms with Gasteiger partial charge in [0, 0.05) is 5.92 Å². The molecule has 4 nitrogen and oxygen atoms in total. The average Bonchev–Trinajstić information content (AvgIpc) is 2.42. The summed E-state index contributed by atoms with van der Waals surface area (Å²) in [4.78, 5) is 23.3. The molecule has 0 spiro atoms. The van der Waals surface area contributed by atoms with Crippen LogP contribution < -0.4 is 5.32 Å². The van der Waals surface area contributed by atoms with Crippen LogP contribution in [0.1, 0.15) is 65.7 Å². The lowest BCUT2D eigenvalue weighted by atomic mass is 9.79. The summed E-state index contributed by atoms with van der Waals surface area (Å²) in [5.41, 5.74) is 0. The fourth-order valence-corrected chi connectivity index (χ4v) is 2.99. The summed E-state index contributed by atoms with van der Waals surface area (Å²) in [7, 11) is 0. The molecule has 0 bridgehead atoms. The van der Waals surface area contributed by atoms with Crippen molar-refractivity contribution in [2.24, 2.45) is 17.8 Å². The zero-order valence-corrected chi connectivity index (χ0v) is 13.0. The molecule has 2 N–H and O–H groups in total. The molecule has 0 aromatic carbocycles. The predicted octanol–water partition coefficient (Wildman–Crippen LogP) is 3.21. The quantitative estimate of drug-likeness (QED) is 0.754. The molecule has 1 atom stereocenters. The van der Waals surface area contributed by atoms with Crippen LogP contribution in [0.5, 0.6) is 0 Å². The summed E-state index contributed by atoms with van der Waals surface area (Å²) >= 11 is 0. The van der Waals surface area contributed by atoms with E-state index in [4.69, 9.17) is 5.11 Å². The number of hydrogen-bond acceptors (Lipinski definition) is 2. The van der Waals surface area contributed by atoms with Gasteiger partial charge in [0.2, 0.25) is 5.91 Å². The number of unbranched alkanes of at least 4 members (excludes halogenated alkanes) is 1. The second-order valence-electron chi connectivity index (χ2n) is 6.43. The Morgan fingerprint density at radius 2 is 1.80 bits per heavy atom. The predicted molar refractivity (Wildman–Crippen MR) is 79.4 cm³/mol. The van der Waals surface area contributed by atoms with Gasteiger partial charge in [-0.1, -0.05) is 40.0 Å². The molecule has 0 unspecified atom stereocenters. The SMILES string of the molecule is CCCCC1CCC(C(=O)N[C@@H](C(=O)O)C(C)C)CC1. The molecule has 20 heavy (non-hydrogen) atoms. The van der Waals surface area contributed by atoms with E-state index in [1.54, 1.807) is 0 Å². The van der Waals surface area contributed by atoms with E-state index in [-0.39, 0.29) is 17.7 Å². The van der Waals surface area contributed by atoms with Crippen LogP contribution >= 0.6 is 0 Å². The molecule has 0 aliphatic heterocycles. The maximum atomic E-state index is 12.2. The minimum absolute atomic E-state index is 0.00785. The Hall–Kier alpha value is -1.06. The van der Waals surface area contributed by atoms with Crippen molar-refractivity contribution in [2.45, 2.75) is 71.8 Å². The highest BCUT2D eigenvalue weighted by molar-refractivity contribution is 5.85. The highest BCUT2D eigenvalue weighted by Gasteiger charge is 2.30. The summed E-state index contributed by atoms with van der Waals surface area (Å²) in [5.74, 6) is -0.324. The Bertz CT molecular complexity index is 320. The molecule has 0 aromatic heterocycles. The molecule has 0 heterocycles. The molecule has 1 aliphatic carbocycles. The molecule has 1 amide bonds. The molecule has 4 heteroatoms. The fraction of sp³-hybridized carbons (Fsp3) is 0.875. The van der Waals surface area contributed by atoms with Gasteiger partial charge in [0.05, 0.1) is 0 Å². The van der Waals surface area contributed by atoms with Crippen LogP contribution in [-0.4, -0.2) is 23.0 Å². The number of carboxylic acid groups (broad SMARTS) is 1. The van der Waals surface area contributed by atoms with Gasteiger partial charge in [-0.15, -0.1) is 0 Å². The van der Waals surface area contributed by atoms with Gasteiger partial charge >= 0.3 is 5.97 Å². The van der Waals surface area contributed by atoms with Crippen LogP contribution in [-0.2, 0) is 9.59 Å². The molecule has 1 saturated carbocycles. The van der Waals surface area contributed by atoms with Gasteiger partial charge in [-0.3, -0.25) is 4.79 Å². The molecule has 1 fully saturated rings. The normalized spacial score (nSPS) is 24.4. The van der Waals surface area contributed by atoms with Gasteiger partial charge in [0.15, 0.2) is 0 Å². The van der Waals surface area contributed by atoms with E-state index in [2.05, 4.69) is 12.2 Å². The summed E-state index contributed by atoms with van der Waals surface area (Å²) in [6, 6.07) is -0.764. The number of carbonyl (C=O) groups is 2. The van der Waals surface area contributed by atoms with E-state index >= 15 is 0 Å². The highest BCUT2D eigenvalue weighted by Crippen LogP contribution is 2.32. The first-order valence-corrected chi connectivity index (χ1v) is 7.98. The third-order valence-electron chi connectivity index (χ3n) is 4.41. The standard InChI is InChI=1S/C16H29NO3/c1-4-5-6-12-7-9-13(10-8-12)15(18)17-14(11(2)3)16(19)20/h11-14H,4-10H2,1-3H3,(H,17,18)(H,19,20)/t12?,13?,14-/m1/s1. The fourth-order valence-electron chi connectivity index (χ4n) is 2.99. The molecule has 0 aromatic rings. The summed E-state index contributed by atoms with van der Waals surface area (Å²) in [6.07, 6.45) is 7.81. The van der Waals surface area contributed by atoms with Crippen molar-refractivity contribution < 1.29 is 14.7 Å². The van der Waals surface area contributed by atoms with Crippen LogP contribution in [0.15, 0.2) is 0 Å². The first-order valence-electron chi connectivity index (χ1n) is 7.98. The second kappa shape index (κ2) is 8.28. The molecule has 0 saturated heterocycles. The number of aliphatic carboxylic acids is 1. The number of hydrogen-bond donors (Lipinski definition) is 2. The molecular weight excluding hydrogens is 254 g/mol. The third-order valence-corrected chi connectivity index (χ3v) is 4.41. The first kappa shape index (κ1) is 17.0. The Labute approximate surface area is 122 Å². The lowest BCUT2D eigenvalue weighted by Gasteiger charge is -2.29. The Morgan fingerprint density at radius 1 is 1.20 bits per heavy atom. The van der Waals surface area contributed by atoms with Gasteiger partial charge in [0.1, 0.15) is 6.04 Å². The van der Waals surface area contributed by atoms with Crippen molar-refractivity contribution in [1.29, 1.82) is 0 Å². The van der Waals surface area contributed by atoms with Gasteiger partial charge < -0.3 is 10.4 Å². The van der Waals surface area contributed by atoms with Gasteiger partial charge in [0.25, 0.3) is 0 Å². The van der Waals surface area contributed by atoms with Crippen LogP contribution in [0.25, 0.3) is 0 Å². The minimum Gasteiger partial charge on any atom is -0.480 e. The largest absolute Gasteiger partial charge is 0.480 e.